The van der Waals surface area contributed by atoms with Crippen LogP contribution >= 0.6 is 11.6 Å². The van der Waals surface area contributed by atoms with Crippen LogP contribution in [0, 0.1) is 11.3 Å². The number of aromatic nitrogens is 2. The summed E-state index contributed by atoms with van der Waals surface area (Å²) in [6.07, 6.45) is 1.27. The van der Waals surface area contributed by atoms with Gasteiger partial charge in [-0.1, -0.05) is 17.7 Å². The van der Waals surface area contributed by atoms with E-state index in [1.165, 1.54) is 0 Å². The third kappa shape index (κ3) is 4.02. The molecule has 8 nitrogen and oxygen atoms in total. The lowest BCUT2D eigenvalue weighted by atomic mass is 9.92. The van der Waals surface area contributed by atoms with Gasteiger partial charge < -0.3 is 25.6 Å². The minimum atomic E-state index is -1.07. The minimum Gasteiger partial charge on any atom is -0.495 e. The van der Waals surface area contributed by atoms with Gasteiger partial charge in [-0.3, -0.25) is 0 Å². The molecule has 0 saturated carbocycles. The number of nitriles is 1. The molecule has 4 N–H and O–H groups in total. The number of fused-ring (bicyclic) bond motifs is 1. The van der Waals surface area contributed by atoms with Crippen molar-refractivity contribution in [3.63, 3.8) is 0 Å². The molecule has 1 fully saturated rings. The Kier molecular flexibility index (Phi) is 6.07. The molecule has 1 aliphatic heterocycles. The molecule has 9 heteroatoms. The number of aliphatic hydroxyl groups is 2. The fraction of sp³-hybridized carbons (Fsp3) is 0.348. The second kappa shape index (κ2) is 8.79. The maximum atomic E-state index is 10.3. The number of hydrogen-bond acceptors (Lipinski definition) is 8. The van der Waals surface area contributed by atoms with Gasteiger partial charge in [0.15, 0.2) is 5.82 Å². The number of nitrogen functional groups attached to an aromatic ring is 1. The van der Waals surface area contributed by atoms with Gasteiger partial charge >= 0.3 is 0 Å². The number of ether oxygens (including phenoxy) is 1. The third-order valence-electron chi connectivity index (χ3n) is 6.04. The normalized spacial score (nSPS) is 15.5. The van der Waals surface area contributed by atoms with Gasteiger partial charge in [-0.25, -0.2) is 0 Å². The van der Waals surface area contributed by atoms with E-state index in [0.717, 1.165) is 10.9 Å². The molecule has 3 aromatic rings. The van der Waals surface area contributed by atoms with Gasteiger partial charge in [-0.15, -0.1) is 5.10 Å². The van der Waals surface area contributed by atoms with Gasteiger partial charge in [0, 0.05) is 30.3 Å². The number of rotatable bonds is 5. The Labute approximate surface area is 190 Å². The highest BCUT2D eigenvalue weighted by Gasteiger charge is 2.33. The van der Waals surface area contributed by atoms with Crippen LogP contribution < -0.4 is 15.4 Å². The molecule has 1 aromatic heterocycles. The van der Waals surface area contributed by atoms with Crippen molar-refractivity contribution in [1.29, 1.82) is 5.26 Å². The van der Waals surface area contributed by atoms with Gasteiger partial charge in [0.25, 0.3) is 0 Å². The predicted octanol–water partition coefficient (Wildman–Crippen LogP) is 2.66. The number of benzene rings is 2. The van der Waals surface area contributed by atoms with Crippen molar-refractivity contribution in [1.82, 2.24) is 10.2 Å². The quantitative estimate of drug-likeness (QED) is 0.503. The van der Waals surface area contributed by atoms with Crippen LogP contribution in [-0.4, -0.2) is 52.8 Å². The van der Waals surface area contributed by atoms with E-state index in [1.807, 2.05) is 23.1 Å². The Balaban J connectivity index is 1.77. The summed E-state index contributed by atoms with van der Waals surface area (Å²) in [6.45, 7) is 0.775. The highest BCUT2D eigenvalue weighted by atomic mass is 35.5. The first-order valence-corrected chi connectivity index (χ1v) is 10.7. The van der Waals surface area contributed by atoms with Crippen LogP contribution in [0.1, 0.15) is 29.7 Å². The molecule has 1 saturated heterocycles. The van der Waals surface area contributed by atoms with E-state index in [2.05, 4.69) is 16.3 Å². The first-order valence-electron chi connectivity index (χ1n) is 10.3. The topological polar surface area (TPSA) is 129 Å². The van der Waals surface area contributed by atoms with Crippen LogP contribution in [0.25, 0.3) is 10.8 Å². The number of hydrogen-bond donors (Lipinski definition) is 3. The molecule has 32 heavy (non-hydrogen) atoms. The zero-order chi connectivity index (χ0) is 22.9. The van der Waals surface area contributed by atoms with Crippen molar-refractivity contribution in [3.05, 3.63) is 52.2 Å². The molecule has 4 rings (SSSR count). The first kappa shape index (κ1) is 22.1. The van der Waals surface area contributed by atoms with E-state index < -0.39 is 5.60 Å². The highest BCUT2D eigenvalue weighted by Crippen LogP contribution is 2.36. The van der Waals surface area contributed by atoms with Gasteiger partial charge in [-0.2, -0.15) is 10.4 Å². The standard InChI is InChI=1S/C23H24ClN5O3/c1-32-19-5-2-14(10-17(19)24)11-18-20-16(4-3-15(12-25)21(20)26)22(28-27-18)29-8-6-23(31,13-30)7-9-29/h2-5,10,30-31H,6-9,11,13,26H2,1H3. The van der Waals surface area contributed by atoms with Crippen LogP contribution in [0.4, 0.5) is 11.5 Å². The zero-order valence-corrected chi connectivity index (χ0v) is 18.4. The van der Waals surface area contributed by atoms with Crippen molar-refractivity contribution in [2.24, 2.45) is 0 Å². The maximum absolute atomic E-state index is 10.3. The van der Waals surface area contributed by atoms with Crippen LogP contribution in [0.5, 0.6) is 5.75 Å². The summed E-state index contributed by atoms with van der Waals surface area (Å²) in [4.78, 5) is 2.03. The number of nitrogens with two attached hydrogens (primary N) is 1. The van der Waals surface area contributed by atoms with Crippen LogP contribution in [0.15, 0.2) is 30.3 Å². The summed E-state index contributed by atoms with van der Waals surface area (Å²) in [5, 5.41) is 40.2. The fourth-order valence-electron chi connectivity index (χ4n) is 4.09. The van der Waals surface area contributed by atoms with E-state index in [4.69, 9.17) is 22.1 Å². The average molecular weight is 454 g/mol. The molecule has 1 aliphatic rings. The molecule has 2 aromatic carbocycles. The molecule has 166 valence electrons. The van der Waals surface area contributed by atoms with Crippen LogP contribution in [-0.2, 0) is 6.42 Å². The molecule has 0 spiro atoms. The summed E-state index contributed by atoms with van der Waals surface area (Å²) in [5.74, 6) is 1.23. The van der Waals surface area contributed by atoms with E-state index in [-0.39, 0.29) is 6.61 Å². The number of piperidine rings is 1. The van der Waals surface area contributed by atoms with Gasteiger partial charge in [-0.05, 0) is 42.7 Å². The van der Waals surface area contributed by atoms with Crippen molar-refractivity contribution < 1.29 is 14.9 Å². The Morgan fingerprint density at radius 3 is 2.62 bits per heavy atom. The van der Waals surface area contributed by atoms with Crippen molar-refractivity contribution in [2.75, 3.05) is 37.4 Å². The third-order valence-corrected chi connectivity index (χ3v) is 6.33. The first-order chi connectivity index (χ1) is 15.4. The summed E-state index contributed by atoms with van der Waals surface area (Å²) >= 11 is 6.28. The monoisotopic (exact) mass is 453 g/mol. The minimum absolute atomic E-state index is 0.269. The summed E-state index contributed by atoms with van der Waals surface area (Å²) in [5.41, 5.74) is 7.61. The zero-order valence-electron chi connectivity index (χ0n) is 17.7. The van der Waals surface area contributed by atoms with Crippen molar-refractivity contribution >= 4 is 33.9 Å². The summed E-state index contributed by atoms with van der Waals surface area (Å²) < 4.78 is 5.22. The molecular formula is C23H24ClN5O3. The lowest BCUT2D eigenvalue weighted by molar-refractivity contribution is -0.0326. The Morgan fingerprint density at radius 2 is 2.00 bits per heavy atom. The van der Waals surface area contributed by atoms with Crippen molar-refractivity contribution in [3.8, 4) is 11.8 Å². The van der Waals surface area contributed by atoms with Crippen LogP contribution in [0.2, 0.25) is 5.02 Å². The fourth-order valence-corrected chi connectivity index (χ4v) is 4.37. The van der Waals surface area contributed by atoms with Gasteiger partial charge in [0.1, 0.15) is 11.8 Å². The van der Waals surface area contributed by atoms with Gasteiger partial charge in [0.2, 0.25) is 0 Å². The van der Waals surface area contributed by atoms with E-state index in [1.54, 1.807) is 19.2 Å². The highest BCUT2D eigenvalue weighted by molar-refractivity contribution is 6.32. The van der Waals surface area contributed by atoms with E-state index >= 15 is 0 Å². The number of aliphatic hydroxyl groups excluding tert-OH is 1. The summed E-state index contributed by atoms with van der Waals surface area (Å²) in [7, 11) is 1.56. The molecule has 2 heterocycles. The lowest BCUT2D eigenvalue weighted by Gasteiger charge is -2.37. The SMILES string of the molecule is COc1ccc(Cc2nnc(N3CCC(O)(CO)CC3)c3ccc(C#N)c(N)c23)cc1Cl. The van der Waals surface area contributed by atoms with Crippen molar-refractivity contribution in [2.45, 2.75) is 24.9 Å². The second-order valence-corrected chi connectivity index (χ2v) is 8.45. The molecule has 0 unspecified atom stereocenters. The molecule has 0 atom stereocenters. The molecular weight excluding hydrogens is 430 g/mol. The second-order valence-electron chi connectivity index (χ2n) is 8.05. The Hall–Kier alpha value is -3.12. The van der Waals surface area contributed by atoms with E-state index in [9.17, 15) is 15.5 Å². The molecule has 0 aliphatic carbocycles. The molecule has 0 amide bonds. The van der Waals surface area contributed by atoms with E-state index in [0.29, 0.717) is 71.3 Å². The summed E-state index contributed by atoms with van der Waals surface area (Å²) in [6, 6.07) is 11.2. The lowest BCUT2D eigenvalue weighted by Crippen LogP contribution is -2.47. The largest absolute Gasteiger partial charge is 0.495 e. The smallest absolute Gasteiger partial charge is 0.159 e. The van der Waals surface area contributed by atoms with Gasteiger partial charge in [0.05, 0.1) is 41.3 Å². The number of anilines is 2. The number of halogens is 1. The number of methoxy groups -OCH3 is 1. The maximum Gasteiger partial charge on any atom is 0.159 e. The van der Waals surface area contributed by atoms with Crippen LogP contribution in [0.3, 0.4) is 0 Å². The number of nitrogens with zero attached hydrogens (tertiary/aromatic N) is 4. The predicted molar refractivity (Wildman–Crippen MR) is 123 cm³/mol. The Bertz CT molecular complexity index is 1200. The molecule has 0 radical (unpaired) electrons. The molecule has 0 bridgehead atoms. The Morgan fingerprint density at radius 1 is 1.25 bits per heavy atom. The average Bonchev–Trinajstić information content (AvgIpc) is 2.80.